The molecule has 19 heavy (non-hydrogen) atoms. The van der Waals surface area contributed by atoms with Crippen LogP contribution in [0.1, 0.15) is 10.4 Å². The number of carbonyl (C=O) groups is 1. The van der Waals surface area contributed by atoms with Crippen molar-refractivity contribution in [1.29, 1.82) is 0 Å². The Morgan fingerprint density at radius 1 is 1.37 bits per heavy atom. The number of aromatic nitrogens is 1. The summed E-state index contributed by atoms with van der Waals surface area (Å²) in [6.07, 6.45) is 1.44. The molecule has 0 aliphatic rings. The lowest BCUT2D eigenvalue weighted by molar-refractivity contribution is 0.102. The van der Waals surface area contributed by atoms with Gasteiger partial charge in [0.15, 0.2) is 0 Å². The molecule has 1 aromatic heterocycles. The fourth-order valence-electron chi connectivity index (χ4n) is 1.52. The number of ether oxygens (including phenoxy) is 1. The average Bonchev–Trinajstić information content (AvgIpc) is 2.38. The molecule has 0 atom stereocenters. The second-order valence-electron chi connectivity index (χ2n) is 3.82. The largest absolute Gasteiger partial charge is 0.481 e. The molecular formula is C13H12FN3O2. The first-order chi connectivity index (χ1) is 9.08. The number of benzene rings is 1. The van der Waals surface area contributed by atoms with Gasteiger partial charge in [0.2, 0.25) is 5.88 Å². The molecule has 5 nitrogen and oxygen atoms in total. The van der Waals surface area contributed by atoms with Gasteiger partial charge in [0, 0.05) is 17.3 Å². The van der Waals surface area contributed by atoms with E-state index < -0.39 is 11.7 Å². The van der Waals surface area contributed by atoms with Gasteiger partial charge in [-0.3, -0.25) is 4.79 Å². The van der Waals surface area contributed by atoms with Crippen LogP contribution in [-0.4, -0.2) is 18.0 Å². The first-order valence-electron chi connectivity index (χ1n) is 5.46. The van der Waals surface area contributed by atoms with Gasteiger partial charge < -0.3 is 15.8 Å². The van der Waals surface area contributed by atoms with Gasteiger partial charge in [0.05, 0.1) is 19.0 Å². The van der Waals surface area contributed by atoms with E-state index in [0.717, 1.165) is 12.1 Å². The van der Waals surface area contributed by atoms with Gasteiger partial charge in [0.25, 0.3) is 5.91 Å². The average molecular weight is 261 g/mol. The van der Waals surface area contributed by atoms with Crippen molar-refractivity contribution < 1.29 is 13.9 Å². The summed E-state index contributed by atoms with van der Waals surface area (Å²) in [5, 5.41) is 2.58. The number of rotatable bonds is 3. The molecule has 0 fully saturated rings. The van der Waals surface area contributed by atoms with E-state index in [1.54, 1.807) is 12.1 Å². The molecule has 1 heterocycles. The quantitative estimate of drug-likeness (QED) is 0.829. The number of methoxy groups -OCH3 is 1. The molecule has 0 bridgehead atoms. The fourth-order valence-corrected chi connectivity index (χ4v) is 1.52. The van der Waals surface area contributed by atoms with Crippen LogP contribution in [0.5, 0.6) is 5.88 Å². The molecule has 0 radical (unpaired) electrons. The standard InChI is InChI=1S/C13H12FN3O2/c1-19-12-3-2-11(7-16-12)17-13(18)8-4-9(14)6-10(15)5-8/h2-7H,15H2,1H3,(H,17,18). The lowest BCUT2D eigenvalue weighted by atomic mass is 10.2. The number of amides is 1. The van der Waals surface area contributed by atoms with E-state index in [1.165, 1.54) is 19.4 Å². The zero-order valence-electron chi connectivity index (χ0n) is 10.2. The Labute approximate surface area is 109 Å². The fraction of sp³-hybridized carbons (Fsp3) is 0.0769. The van der Waals surface area contributed by atoms with Crippen LogP contribution in [0.3, 0.4) is 0 Å². The Morgan fingerprint density at radius 3 is 2.74 bits per heavy atom. The van der Waals surface area contributed by atoms with Crippen LogP contribution >= 0.6 is 0 Å². The topological polar surface area (TPSA) is 77.2 Å². The van der Waals surface area contributed by atoms with Gasteiger partial charge in [-0.15, -0.1) is 0 Å². The molecule has 0 spiro atoms. The molecule has 0 aliphatic carbocycles. The number of halogens is 1. The van der Waals surface area contributed by atoms with Gasteiger partial charge in [-0.25, -0.2) is 9.37 Å². The van der Waals surface area contributed by atoms with Crippen LogP contribution in [0.2, 0.25) is 0 Å². The van der Waals surface area contributed by atoms with E-state index in [4.69, 9.17) is 10.5 Å². The highest BCUT2D eigenvalue weighted by molar-refractivity contribution is 6.04. The molecule has 2 aromatic rings. The summed E-state index contributed by atoms with van der Waals surface area (Å²) in [7, 11) is 1.50. The number of nitrogen functional groups attached to an aromatic ring is 1. The van der Waals surface area contributed by atoms with Crippen molar-refractivity contribution in [2.45, 2.75) is 0 Å². The number of anilines is 2. The number of pyridine rings is 1. The second kappa shape index (κ2) is 5.34. The Hall–Kier alpha value is -2.63. The van der Waals surface area contributed by atoms with Crippen LogP contribution in [-0.2, 0) is 0 Å². The van der Waals surface area contributed by atoms with Crippen LogP contribution in [0.15, 0.2) is 36.5 Å². The number of nitrogens with zero attached hydrogens (tertiary/aromatic N) is 1. The lowest BCUT2D eigenvalue weighted by Crippen LogP contribution is -2.12. The molecule has 98 valence electrons. The summed E-state index contributed by atoms with van der Waals surface area (Å²) in [6, 6.07) is 6.89. The van der Waals surface area contributed by atoms with Crippen LogP contribution in [0.25, 0.3) is 0 Å². The van der Waals surface area contributed by atoms with Gasteiger partial charge in [-0.2, -0.15) is 0 Å². The molecule has 1 amide bonds. The minimum atomic E-state index is -0.557. The van der Waals surface area contributed by atoms with Gasteiger partial charge >= 0.3 is 0 Å². The van der Waals surface area contributed by atoms with Crippen molar-refractivity contribution in [3.63, 3.8) is 0 Å². The normalized spacial score (nSPS) is 10.0. The van der Waals surface area contributed by atoms with Crippen LogP contribution in [0, 0.1) is 5.82 Å². The predicted molar refractivity (Wildman–Crippen MR) is 69.6 cm³/mol. The molecule has 3 N–H and O–H groups in total. The van der Waals surface area contributed by atoms with Crippen molar-refractivity contribution in [3.8, 4) is 5.88 Å². The third-order valence-corrected chi connectivity index (χ3v) is 2.39. The van der Waals surface area contributed by atoms with Crippen LogP contribution < -0.4 is 15.8 Å². The summed E-state index contributed by atoms with van der Waals surface area (Å²) in [6.45, 7) is 0. The van der Waals surface area contributed by atoms with E-state index in [9.17, 15) is 9.18 Å². The number of nitrogens with one attached hydrogen (secondary N) is 1. The third kappa shape index (κ3) is 3.19. The Bertz CT molecular complexity index is 579. The number of carbonyl (C=O) groups excluding carboxylic acids is 1. The van der Waals surface area contributed by atoms with Gasteiger partial charge in [-0.1, -0.05) is 0 Å². The smallest absolute Gasteiger partial charge is 0.255 e. The number of nitrogens with two attached hydrogens (primary N) is 1. The maximum Gasteiger partial charge on any atom is 0.255 e. The summed E-state index contributed by atoms with van der Waals surface area (Å²) >= 11 is 0. The molecule has 6 heteroatoms. The summed E-state index contributed by atoms with van der Waals surface area (Å²) < 4.78 is 18.0. The first kappa shape index (κ1) is 12.8. The molecule has 0 unspecified atom stereocenters. The van der Waals surface area contributed by atoms with Gasteiger partial charge in [0.1, 0.15) is 5.82 Å². The van der Waals surface area contributed by atoms with Crippen molar-refractivity contribution in [1.82, 2.24) is 4.98 Å². The van der Waals surface area contributed by atoms with Crippen LogP contribution in [0.4, 0.5) is 15.8 Å². The van der Waals surface area contributed by atoms with Crippen molar-refractivity contribution >= 4 is 17.3 Å². The lowest BCUT2D eigenvalue weighted by Gasteiger charge is -2.06. The molecule has 1 aromatic carbocycles. The molecular weight excluding hydrogens is 249 g/mol. The minimum Gasteiger partial charge on any atom is -0.481 e. The zero-order chi connectivity index (χ0) is 13.8. The third-order valence-electron chi connectivity index (χ3n) is 2.39. The SMILES string of the molecule is COc1ccc(NC(=O)c2cc(N)cc(F)c2)cn1. The Kier molecular flexibility index (Phi) is 3.61. The summed E-state index contributed by atoms with van der Waals surface area (Å²) in [5.41, 5.74) is 6.30. The minimum absolute atomic E-state index is 0.147. The molecule has 0 aliphatic heterocycles. The predicted octanol–water partition coefficient (Wildman–Crippen LogP) is 2.06. The monoisotopic (exact) mass is 261 g/mol. The first-order valence-corrected chi connectivity index (χ1v) is 5.46. The van der Waals surface area contributed by atoms with Gasteiger partial charge in [-0.05, 0) is 24.3 Å². The maximum absolute atomic E-state index is 13.1. The highest BCUT2D eigenvalue weighted by Crippen LogP contribution is 2.15. The van der Waals surface area contributed by atoms with E-state index in [1.807, 2.05) is 0 Å². The molecule has 0 saturated carbocycles. The van der Waals surface area contributed by atoms with E-state index >= 15 is 0 Å². The summed E-state index contributed by atoms with van der Waals surface area (Å²) in [5.74, 6) is -0.579. The van der Waals surface area contributed by atoms with Crippen molar-refractivity contribution in [2.24, 2.45) is 0 Å². The Balaban J connectivity index is 2.15. The highest BCUT2D eigenvalue weighted by Gasteiger charge is 2.08. The molecule has 0 saturated heterocycles. The number of hydrogen-bond donors (Lipinski definition) is 2. The molecule has 2 rings (SSSR count). The van der Waals surface area contributed by atoms with E-state index in [-0.39, 0.29) is 11.3 Å². The van der Waals surface area contributed by atoms with E-state index in [2.05, 4.69) is 10.3 Å². The maximum atomic E-state index is 13.1. The van der Waals surface area contributed by atoms with E-state index in [0.29, 0.717) is 11.6 Å². The van der Waals surface area contributed by atoms with Crippen molar-refractivity contribution in [2.75, 3.05) is 18.2 Å². The van der Waals surface area contributed by atoms with Crippen molar-refractivity contribution in [3.05, 3.63) is 47.9 Å². The Morgan fingerprint density at radius 2 is 2.16 bits per heavy atom. The zero-order valence-corrected chi connectivity index (χ0v) is 10.2. The summed E-state index contributed by atoms with van der Waals surface area (Å²) in [4.78, 5) is 15.8. The number of hydrogen-bond acceptors (Lipinski definition) is 4. The second-order valence-corrected chi connectivity index (χ2v) is 3.82. The highest BCUT2D eigenvalue weighted by atomic mass is 19.1.